The number of carboxylic acids is 3. The van der Waals surface area contributed by atoms with Crippen LogP contribution in [0.3, 0.4) is 0 Å². The fourth-order valence-electron chi connectivity index (χ4n) is 10.2. The van der Waals surface area contributed by atoms with Crippen molar-refractivity contribution in [3.05, 3.63) is 59.2 Å². The topological polar surface area (TPSA) is 398 Å². The molecule has 0 aliphatic carbocycles. The molecule has 2 fully saturated rings. The van der Waals surface area contributed by atoms with Crippen molar-refractivity contribution in [2.24, 2.45) is 5.92 Å². The summed E-state index contributed by atoms with van der Waals surface area (Å²) in [5, 5.41) is 76.9. The largest absolute Gasteiger partial charge is 0.481 e. The number of aliphatic hydroxyl groups excluding tert-OH is 2. The molecule has 0 bridgehead atoms. The van der Waals surface area contributed by atoms with E-state index >= 15 is 0 Å². The van der Waals surface area contributed by atoms with E-state index in [1.807, 2.05) is 6.07 Å². The first-order valence-corrected chi connectivity index (χ1v) is 27.0. The van der Waals surface area contributed by atoms with Crippen molar-refractivity contribution in [3.8, 4) is 0 Å². The molecule has 0 aromatic heterocycles. The fraction of sp³-hybridized carbons (Fsp3) is 0.558. The molecule has 0 radical (unpaired) electrons. The summed E-state index contributed by atoms with van der Waals surface area (Å²) in [5.41, 5.74) is 3.27. The Labute approximate surface area is 471 Å². The molecule has 13 N–H and O–H groups in total. The lowest BCUT2D eigenvalue weighted by molar-refractivity contribution is -0.155. The summed E-state index contributed by atoms with van der Waals surface area (Å²) >= 11 is 5.46. The van der Waals surface area contributed by atoms with Gasteiger partial charge in [0, 0.05) is 63.8 Å². The highest BCUT2D eigenvalue weighted by molar-refractivity contribution is 7.80. The average molecular weight is 1150 g/mol. The molecular weight excluding hydrogens is 1080 g/mol. The van der Waals surface area contributed by atoms with E-state index in [2.05, 4.69) is 37.2 Å². The average Bonchev–Trinajstić information content (AvgIpc) is 4.15. The zero-order valence-electron chi connectivity index (χ0n) is 44.8. The van der Waals surface area contributed by atoms with Crippen LogP contribution in [0.2, 0.25) is 0 Å². The van der Waals surface area contributed by atoms with Crippen molar-refractivity contribution in [1.82, 2.24) is 46.6 Å². The number of esters is 1. The number of anilines is 2. The van der Waals surface area contributed by atoms with E-state index in [-0.39, 0.29) is 83.2 Å². The van der Waals surface area contributed by atoms with Crippen LogP contribution in [0.25, 0.3) is 0 Å². The molecule has 6 amide bonds. The molecule has 4 heterocycles. The lowest BCUT2D eigenvalue weighted by atomic mass is 9.97. The maximum absolute atomic E-state index is 14.3. The van der Waals surface area contributed by atoms with E-state index in [0.29, 0.717) is 30.6 Å². The molecule has 442 valence electrons. The van der Waals surface area contributed by atoms with Crippen molar-refractivity contribution < 1.29 is 83.3 Å². The molecule has 8 atom stereocenters. The quantitative estimate of drug-likeness (QED) is 0.0260. The summed E-state index contributed by atoms with van der Waals surface area (Å²) in [4.78, 5) is 135. The van der Waals surface area contributed by atoms with Gasteiger partial charge in [-0.2, -0.15) is 0 Å². The number of aliphatic carboxylic acids is 3. The number of benzene rings is 2. The summed E-state index contributed by atoms with van der Waals surface area (Å²) in [6.45, 7) is 2.77. The van der Waals surface area contributed by atoms with Gasteiger partial charge in [0.05, 0.1) is 38.3 Å². The number of nitrogens with zero attached hydrogens (tertiary/aromatic N) is 4. The first-order valence-electron chi connectivity index (χ1n) is 26.6. The molecule has 4 aliphatic rings. The van der Waals surface area contributed by atoms with E-state index in [1.165, 1.54) is 4.90 Å². The molecule has 29 heteroatoms. The predicted molar refractivity (Wildman–Crippen MR) is 290 cm³/mol. The van der Waals surface area contributed by atoms with Gasteiger partial charge in [0.2, 0.25) is 41.7 Å². The maximum atomic E-state index is 14.3. The van der Waals surface area contributed by atoms with Crippen LogP contribution in [-0.4, -0.2) is 224 Å². The number of nitrogens with one attached hydrogen (secondary N) is 7. The van der Waals surface area contributed by atoms with Crippen molar-refractivity contribution in [3.63, 3.8) is 0 Å². The minimum Gasteiger partial charge on any atom is -0.481 e. The number of hydrogen-bond donors (Lipinski definition) is 13. The summed E-state index contributed by atoms with van der Waals surface area (Å²) in [6.07, 6.45) is -2.84. The Morgan fingerprint density at radius 3 is 2.11 bits per heavy atom. The highest BCUT2D eigenvalue weighted by Gasteiger charge is 2.46. The molecule has 2 aromatic carbocycles. The number of carbonyl (C=O) groups is 10. The summed E-state index contributed by atoms with van der Waals surface area (Å²) < 4.78 is 4.76. The molecule has 2 saturated heterocycles. The van der Waals surface area contributed by atoms with Gasteiger partial charge in [-0.15, -0.1) is 0 Å². The smallest absolute Gasteiger partial charge is 0.317 e. The fourth-order valence-corrected chi connectivity index (χ4v) is 10.4. The van der Waals surface area contributed by atoms with Gasteiger partial charge in [-0.05, 0) is 72.6 Å². The number of hydrogen-bond acceptors (Lipinski definition) is 18. The van der Waals surface area contributed by atoms with Crippen LogP contribution in [-0.2, 0) is 71.9 Å². The van der Waals surface area contributed by atoms with Crippen molar-refractivity contribution in [1.29, 1.82) is 0 Å². The number of amides is 6. The number of cyclic esters (lactones) is 1. The Kier molecular flexibility index (Phi) is 22.7. The number of rotatable bonds is 25. The zero-order chi connectivity index (χ0) is 59.1. The number of ether oxygens (including phenoxy) is 1. The SMILES string of the molecule is CC[C@H](C)[C@H](NC(=O)CNC(=O)CNC(=O)C(CCC(=O)O)NC(=S)Nc1ccc(CC2CN(CC(=O)O)CCN(CC(=O)O)CCN2CC(O)O)cc1)C(=O)N[C@H]1CCc2cccc3c2N(C1=O)[C@H](C(=O)NC1CC(=O)OC1O)C3. The molecule has 4 aliphatic heterocycles. The third kappa shape index (κ3) is 18.3. The van der Waals surface area contributed by atoms with Gasteiger partial charge >= 0.3 is 23.9 Å². The van der Waals surface area contributed by atoms with E-state index in [9.17, 15) is 78.6 Å². The molecule has 28 nitrogen and oxygen atoms in total. The standard InChI is InChI=1S/C52H71N11O17S/c1-3-28(2)45(49(77)56-35-12-9-30-5-4-6-31-20-37(63(46(30)31)50(35)78)48(76)57-36-21-44(74)80-51(36)79)59-39(65)23-53-38(64)22-54-47(75)34(13-14-40(66)67)58-52(81)55-32-10-7-29(8-11-32)19-33-24-61(26-42(70)71)16-15-60(25-41(68)69)17-18-62(33)27-43(72)73/h4-8,10-11,28,33-37,43,45,51,72-73,79H,3,9,12-27H2,1-2H3,(H,53,64)(H,54,75)(H,56,77)(H,57,76)(H,59,65)(H,66,67)(H,68,69)(H,70,71)(H2,55,58,81)/t28-,33?,34?,35-,36?,37-,45-,51?/m0/s1. The van der Waals surface area contributed by atoms with Crippen LogP contribution in [0.5, 0.6) is 0 Å². The Bertz CT molecular complexity index is 2660. The van der Waals surface area contributed by atoms with Crippen LogP contribution in [0.4, 0.5) is 11.4 Å². The van der Waals surface area contributed by atoms with E-state index in [0.717, 1.165) is 16.7 Å². The number of aliphatic hydroxyl groups is 3. The zero-order valence-corrected chi connectivity index (χ0v) is 45.7. The minimum atomic E-state index is -1.72. The molecule has 4 unspecified atom stereocenters. The number of carbonyl (C=O) groups excluding carboxylic acids is 7. The third-order valence-electron chi connectivity index (χ3n) is 14.5. The summed E-state index contributed by atoms with van der Waals surface area (Å²) in [5.74, 6) is -8.78. The van der Waals surface area contributed by atoms with Crippen LogP contribution >= 0.6 is 12.2 Å². The summed E-state index contributed by atoms with van der Waals surface area (Å²) in [7, 11) is 0. The first kappa shape index (κ1) is 62.8. The highest BCUT2D eigenvalue weighted by Crippen LogP contribution is 2.39. The monoisotopic (exact) mass is 1150 g/mol. The first-order chi connectivity index (χ1) is 38.5. The Hall–Kier alpha value is -7.41. The van der Waals surface area contributed by atoms with Crippen molar-refractivity contribution in [2.45, 2.75) is 114 Å². The Morgan fingerprint density at radius 2 is 1.46 bits per heavy atom. The van der Waals surface area contributed by atoms with Crippen LogP contribution in [0, 0.1) is 5.92 Å². The molecule has 0 saturated carbocycles. The highest BCUT2D eigenvalue weighted by atomic mass is 32.1. The third-order valence-corrected chi connectivity index (χ3v) is 14.7. The molecule has 6 rings (SSSR count). The molecular formula is C52H71N11O17S. The number of β-amino-alcohol motifs (C(OH)–C–C–N with tert-alkyl or cyclic N) is 2. The number of thiocarbonyl (C=S) groups is 1. The number of carboxylic acid groups (broad SMARTS) is 3. The Morgan fingerprint density at radius 1 is 0.790 bits per heavy atom. The van der Waals surface area contributed by atoms with E-state index in [4.69, 9.17) is 17.0 Å². The predicted octanol–water partition coefficient (Wildman–Crippen LogP) is -3.58. The van der Waals surface area contributed by atoms with Gasteiger partial charge < -0.3 is 72.6 Å². The lowest BCUT2D eigenvalue weighted by Gasteiger charge is -2.34. The number of aryl methyl sites for hydroxylation is 1. The normalized spacial score (nSPS) is 21.6. The Balaban J connectivity index is 1.00. The van der Waals surface area contributed by atoms with Gasteiger partial charge in [-0.1, -0.05) is 50.6 Å². The van der Waals surface area contributed by atoms with Crippen LogP contribution < -0.4 is 42.1 Å². The summed E-state index contributed by atoms with van der Waals surface area (Å²) in [6, 6.07) is 6.21. The maximum Gasteiger partial charge on any atom is 0.317 e. The van der Waals surface area contributed by atoms with Gasteiger partial charge in [0.25, 0.3) is 0 Å². The molecule has 81 heavy (non-hydrogen) atoms. The second kappa shape index (κ2) is 29.3. The lowest BCUT2D eigenvalue weighted by Crippen LogP contribution is -2.59. The molecule has 0 spiro atoms. The van der Waals surface area contributed by atoms with Crippen molar-refractivity contribution in [2.75, 3.05) is 75.7 Å². The van der Waals surface area contributed by atoms with Crippen LogP contribution in [0.15, 0.2) is 42.5 Å². The second-order valence-electron chi connectivity index (χ2n) is 20.5. The second-order valence-corrected chi connectivity index (χ2v) is 20.9. The van der Waals surface area contributed by atoms with Crippen LogP contribution in [0.1, 0.15) is 62.6 Å². The molecule has 2 aromatic rings. The van der Waals surface area contributed by atoms with E-state index in [1.54, 1.807) is 64.9 Å². The van der Waals surface area contributed by atoms with Gasteiger partial charge in [0.1, 0.15) is 30.2 Å². The van der Waals surface area contributed by atoms with Crippen molar-refractivity contribution >= 4 is 88.0 Å². The van der Waals surface area contributed by atoms with E-state index < -0.39 is 134 Å². The van der Waals surface area contributed by atoms with Gasteiger partial charge in [0.15, 0.2) is 11.4 Å². The number of para-hydroxylation sites is 1. The van der Waals surface area contributed by atoms with Gasteiger partial charge in [-0.25, -0.2) is 0 Å². The minimum absolute atomic E-state index is 0.0779. The van der Waals surface area contributed by atoms with Gasteiger partial charge in [-0.3, -0.25) is 67.5 Å².